The maximum absolute atomic E-state index is 12.0. The molecular formula is C17H19Br2Cl2NO2. The molecule has 0 bridgehead atoms. The van der Waals surface area contributed by atoms with Gasteiger partial charge in [-0.25, -0.2) is 0 Å². The zero-order chi connectivity index (χ0) is 17.4. The van der Waals surface area contributed by atoms with E-state index in [2.05, 4.69) is 36.8 Å². The van der Waals surface area contributed by atoms with Crippen molar-refractivity contribution in [2.24, 2.45) is 5.92 Å². The van der Waals surface area contributed by atoms with Crippen molar-refractivity contribution >= 4 is 61.0 Å². The number of carbonyl (C=O) groups is 1. The summed E-state index contributed by atoms with van der Waals surface area (Å²) in [6.45, 7) is 0.897. The van der Waals surface area contributed by atoms with Gasteiger partial charge in [0.2, 0.25) is 5.91 Å². The lowest BCUT2D eigenvalue weighted by Crippen LogP contribution is -2.39. The average molecular weight is 500 g/mol. The lowest BCUT2D eigenvalue weighted by atomic mass is 9.81. The Labute approximate surface area is 168 Å². The number of likely N-dealkylation sites (tertiary alicyclic amines) is 1. The van der Waals surface area contributed by atoms with Crippen LogP contribution in [0.25, 0.3) is 0 Å². The van der Waals surface area contributed by atoms with E-state index >= 15 is 0 Å². The summed E-state index contributed by atoms with van der Waals surface area (Å²) in [5, 5.41) is 11.0. The second kappa shape index (κ2) is 7.73. The van der Waals surface area contributed by atoms with Gasteiger partial charge in [-0.1, -0.05) is 29.6 Å². The van der Waals surface area contributed by atoms with Crippen molar-refractivity contribution < 1.29 is 9.90 Å². The molecule has 7 heteroatoms. The predicted molar refractivity (Wildman–Crippen MR) is 104 cm³/mol. The number of hydrogen-bond acceptors (Lipinski definition) is 2. The standard InChI is InChI=1S/C17H19Br2Cl2NO2/c18-13-15(20)11(16(21)14(19)17(13)24)8-9-3-1-4-10(7-9)22-6-2-5-12(22)23/h9-10,24H,1-8H2. The highest BCUT2D eigenvalue weighted by Gasteiger charge is 2.33. The van der Waals surface area contributed by atoms with Gasteiger partial charge in [0.15, 0.2) is 0 Å². The van der Waals surface area contributed by atoms with Crippen molar-refractivity contribution in [3.63, 3.8) is 0 Å². The summed E-state index contributed by atoms with van der Waals surface area (Å²) in [6.07, 6.45) is 6.75. The molecule has 1 aliphatic heterocycles. The average Bonchev–Trinajstić information content (AvgIpc) is 3.01. The summed E-state index contributed by atoms with van der Waals surface area (Å²) in [6, 6.07) is 0.347. The van der Waals surface area contributed by atoms with Crippen LogP contribution in [0.15, 0.2) is 8.95 Å². The summed E-state index contributed by atoms with van der Waals surface area (Å²) in [7, 11) is 0. The number of rotatable bonds is 3. The largest absolute Gasteiger partial charge is 0.505 e. The SMILES string of the molecule is O=C1CCCN1C1CCCC(Cc2c(Cl)c(Br)c(O)c(Br)c2Cl)C1. The Morgan fingerprint density at radius 2 is 1.79 bits per heavy atom. The molecular weight excluding hydrogens is 481 g/mol. The van der Waals surface area contributed by atoms with E-state index in [1.807, 2.05) is 0 Å². The molecule has 1 saturated carbocycles. The van der Waals surface area contributed by atoms with E-state index in [1.54, 1.807) is 0 Å². The molecule has 3 rings (SSSR count). The van der Waals surface area contributed by atoms with E-state index in [0.29, 0.717) is 43.3 Å². The Balaban J connectivity index is 1.78. The number of benzene rings is 1. The third kappa shape index (κ3) is 3.60. The number of halogens is 4. The normalized spacial score (nSPS) is 24.7. The molecule has 1 aliphatic carbocycles. The third-order valence-corrected chi connectivity index (χ3v) is 7.96. The minimum absolute atomic E-state index is 0.0259. The molecule has 1 saturated heterocycles. The van der Waals surface area contributed by atoms with Gasteiger partial charge in [0.25, 0.3) is 0 Å². The molecule has 1 heterocycles. The lowest BCUT2D eigenvalue weighted by Gasteiger charge is -2.35. The molecule has 24 heavy (non-hydrogen) atoms. The number of hydrogen-bond donors (Lipinski definition) is 1. The zero-order valence-electron chi connectivity index (χ0n) is 13.1. The molecule has 1 aromatic rings. The van der Waals surface area contributed by atoms with Crippen LogP contribution in [0.3, 0.4) is 0 Å². The van der Waals surface area contributed by atoms with Gasteiger partial charge in [-0.3, -0.25) is 4.79 Å². The first-order chi connectivity index (χ1) is 11.4. The van der Waals surface area contributed by atoms with Gasteiger partial charge < -0.3 is 10.0 Å². The van der Waals surface area contributed by atoms with Crippen molar-refractivity contribution in [1.29, 1.82) is 0 Å². The highest BCUT2D eigenvalue weighted by Crippen LogP contribution is 2.47. The number of phenolic OH excluding ortho intramolecular Hbond substituents is 1. The Morgan fingerprint density at radius 3 is 2.38 bits per heavy atom. The zero-order valence-corrected chi connectivity index (χ0v) is 17.8. The van der Waals surface area contributed by atoms with Gasteiger partial charge in [-0.05, 0) is 75.4 Å². The van der Waals surface area contributed by atoms with E-state index < -0.39 is 0 Å². The fourth-order valence-corrected chi connectivity index (χ4v) is 5.63. The molecule has 132 valence electrons. The van der Waals surface area contributed by atoms with Crippen molar-refractivity contribution in [3.05, 3.63) is 24.6 Å². The van der Waals surface area contributed by atoms with E-state index in [0.717, 1.165) is 50.6 Å². The van der Waals surface area contributed by atoms with Gasteiger partial charge in [-0.15, -0.1) is 0 Å². The van der Waals surface area contributed by atoms with Crippen molar-refractivity contribution in [2.75, 3.05) is 6.54 Å². The summed E-state index contributed by atoms with van der Waals surface area (Å²) in [5.74, 6) is 0.764. The summed E-state index contributed by atoms with van der Waals surface area (Å²) in [5.41, 5.74) is 0.855. The van der Waals surface area contributed by atoms with Crippen LogP contribution in [0.4, 0.5) is 0 Å². The lowest BCUT2D eigenvalue weighted by molar-refractivity contribution is -0.130. The molecule has 0 radical (unpaired) electrons. The number of aromatic hydroxyl groups is 1. The molecule has 0 spiro atoms. The summed E-state index contributed by atoms with van der Waals surface area (Å²) in [4.78, 5) is 14.1. The van der Waals surface area contributed by atoms with Crippen LogP contribution in [0, 0.1) is 5.92 Å². The predicted octanol–water partition coefficient (Wildman–Crippen LogP) is 5.95. The number of amides is 1. The monoisotopic (exact) mass is 497 g/mol. The van der Waals surface area contributed by atoms with E-state index in [4.69, 9.17) is 23.2 Å². The third-order valence-electron chi connectivity index (χ3n) is 5.13. The Hall–Kier alpha value is 0.0300. The molecule has 2 atom stereocenters. The van der Waals surface area contributed by atoms with Gasteiger partial charge >= 0.3 is 0 Å². The Morgan fingerprint density at radius 1 is 1.12 bits per heavy atom. The molecule has 3 nitrogen and oxygen atoms in total. The smallest absolute Gasteiger partial charge is 0.222 e. The summed E-state index contributed by atoms with van der Waals surface area (Å²) < 4.78 is 0.940. The molecule has 2 unspecified atom stereocenters. The van der Waals surface area contributed by atoms with Gasteiger partial charge in [0, 0.05) is 19.0 Å². The van der Waals surface area contributed by atoms with Crippen molar-refractivity contribution in [3.8, 4) is 5.75 Å². The number of nitrogens with zero attached hydrogens (tertiary/aromatic N) is 1. The van der Waals surface area contributed by atoms with E-state index in [-0.39, 0.29) is 5.75 Å². The minimum atomic E-state index is 0.0259. The molecule has 2 fully saturated rings. The van der Waals surface area contributed by atoms with Crippen LogP contribution in [0.1, 0.15) is 44.1 Å². The first kappa shape index (κ1) is 18.8. The van der Waals surface area contributed by atoms with Crippen LogP contribution in [0.5, 0.6) is 5.75 Å². The van der Waals surface area contributed by atoms with Gasteiger partial charge in [0.1, 0.15) is 5.75 Å². The molecule has 1 N–H and O–H groups in total. The Bertz CT molecular complexity index is 639. The van der Waals surface area contributed by atoms with Gasteiger partial charge in [0.05, 0.1) is 19.0 Å². The van der Waals surface area contributed by atoms with Gasteiger partial charge in [-0.2, -0.15) is 0 Å². The van der Waals surface area contributed by atoms with Crippen LogP contribution in [0.2, 0.25) is 10.0 Å². The number of carbonyl (C=O) groups excluding carboxylic acids is 1. The quantitative estimate of drug-likeness (QED) is 0.522. The van der Waals surface area contributed by atoms with Crippen molar-refractivity contribution in [1.82, 2.24) is 4.90 Å². The fraction of sp³-hybridized carbons (Fsp3) is 0.588. The molecule has 1 aromatic carbocycles. The summed E-state index contributed by atoms with van der Waals surface area (Å²) >= 11 is 19.5. The molecule has 2 aliphatic rings. The van der Waals surface area contributed by atoms with Crippen LogP contribution >= 0.6 is 55.1 Å². The fourth-order valence-electron chi connectivity index (χ4n) is 3.92. The number of phenols is 1. The Kier molecular flexibility index (Phi) is 6.06. The topological polar surface area (TPSA) is 40.5 Å². The first-order valence-electron chi connectivity index (χ1n) is 8.23. The van der Waals surface area contributed by atoms with E-state index in [1.165, 1.54) is 0 Å². The maximum atomic E-state index is 12.0. The maximum Gasteiger partial charge on any atom is 0.222 e. The highest BCUT2D eigenvalue weighted by molar-refractivity contribution is 9.11. The molecule has 0 aromatic heterocycles. The highest BCUT2D eigenvalue weighted by atomic mass is 79.9. The first-order valence-corrected chi connectivity index (χ1v) is 10.6. The molecule has 1 amide bonds. The second-order valence-electron chi connectivity index (χ2n) is 6.66. The second-order valence-corrected chi connectivity index (χ2v) is 9.01. The van der Waals surface area contributed by atoms with Crippen LogP contribution in [-0.4, -0.2) is 28.5 Å². The van der Waals surface area contributed by atoms with Crippen molar-refractivity contribution in [2.45, 2.75) is 51.0 Å². The van der Waals surface area contributed by atoms with Crippen LogP contribution < -0.4 is 0 Å². The van der Waals surface area contributed by atoms with E-state index in [9.17, 15) is 9.90 Å². The van der Waals surface area contributed by atoms with Crippen LogP contribution in [-0.2, 0) is 11.2 Å². The minimum Gasteiger partial charge on any atom is -0.505 e.